The minimum atomic E-state index is 0.0529. The van der Waals surface area contributed by atoms with Gasteiger partial charge in [-0.3, -0.25) is 4.79 Å². The fraction of sp³-hybridized carbons (Fsp3) is 0.211. The molecule has 4 rings (SSSR count). The van der Waals surface area contributed by atoms with Crippen molar-refractivity contribution in [2.24, 2.45) is 0 Å². The Morgan fingerprint density at radius 3 is 2.54 bits per heavy atom. The molecular weight excluding hydrogens is 300 g/mol. The quantitative estimate of drug-likeness (QED) is 0.628. The third-order valence-corrected chi connectivity index (χ3v) is 4.19. The number of amides is 1. The number of aromatic nitrogens is 3. The number of carbonyl (C=O) groups is 1. The zero-order chi connectivity index (χ0) is 16.5. The van der Waals surface area contributed by atoms with Crippen molar-refractivity contribution >= 4 is 39.0 Å². The van der Waals surface area contributed by atoms with Crippen molar-refractivity contribution < 1.29 is 4.79 Å². The number of hydrogen-bond donors (Lipinski definition) is 1. The van der Waals surface area contributed by atoms with E-state index < -0.39 is 0 Å². The van der Waals surface area contributed by atoms with Crippen LogP contribution in [0.1, 0.15) is 13.3 Å². The highest BCUT2D eigenvalue weighted by Gasteiger charge is 2.14. The SMILES string of the molecule is CCNC(=O)CCn1c2ccccc2c2nc3ccccc3nc21. The third kappa shape index (κ3) is 2.38. The van der Waals surface area contributed by atoms with Gasteiger partial charge in [0.25, 0.3) is 0 Å². The maximum Gasteiger partial charge on any atom is 0.221 e. The van der Waals surface area contributed by atoms with E-state index in [2.05, 4.69) is 22.0 Å². The Hall–Kier alpha value is -2.95. The highest BCUT2D eigenvalue weighted by Crippen LogP contribution is 2.28. The summed E-state index contributed by atoms with van der Waals surface area (Å²) >= 11 is 0. The van der Waals surface area contributed by atoms with E-state index in [1.165, 1.54) is 0 Å². The summed E-state index contributed by atoms with van der Waals surface area (Å²) in [7, 11) is 0. The second-order valence-corrected chi connectivity index (χ2v) is 5.76. The molecule has 0 atom stereocenters. The van der Waals surface area contributed by atoms with Crippen LogP contribution < -0.4 is 5.32 Å². The van der Waals surface area contributed by atoms with Gasteiger partial charge >= 0.3 is 0 Å². The van der Waals surface area contributed by atoms with Gasteiger partial charge in [0.05, 0.1) is 16.6 Å². The number of fused-ring (bicyclic) bond motifs is 4. The Labute approximate surface area is 139 Å². The van der Waals surface area contributed by atoms with Crippen molar-refractivity contribution in [3.8, 4) is 0 Å². The van der Waals surface area contributed by atoms with E-state index in [-0.39, 0.29) is 5.91 Å². The minimum absolute atomic E-state index is 0.0529. The van der Waals surface area contributed by atoms with Crippen LogP contribution in [0.5, 0.6) is 0 Å². The second-order valence-electron chi connectivity index (χ2n) is 5.76. The molecule has 0 spiro atoms. The van der Waals surface area contributed by atoms with Crippen LogP contribution in [-0.4, -0.2) is 27.0 Å². The number of carbonyl (C=O) groups excluding carboxylic acids is 1. The highest BCUT2D eigenvalue weighted by molar-refractivity contribution is 6.06. The number of rotatable bonds is 4. The van der Waals surface area contributed by atoms with Crippen LogP contribution in [0.3, 0.4) is 0 Å². The van der Waals surface area contributed by atoms with Crippen LogP contribution in [0.25, 0.3) is 33.1 Å². The van der Waals surface area contributed by atoms with Crippen LogP contribution >= 0.6 is 0 Å². The molecule has 0 saturated heterocycles. The van der Waals surface area contributed by atoms with E-state index in [1.54, 1.807) is 0 Å². The molecule has 0 aliphatic rings. The smallest absolute Gasteiger partial charge is 0.221 e. The average Bonchev–Trinajstić information content (AvgIpc) is 2.91. The molecule has 1 N–H and O–H groups in total. The molecule has 120 valence electrons. The lowest BCUT2D eigenvalue weighted by Crippen LogP contribution is -2.23. The van der Waals surface area contributed by atoms with E-state index in [0.717, 1.165) is 33.1 Å². The lowest BCUT2D eigenvalue weighted by atomic mass is 10.2. The molecule has 0 saturated carbocycles. The monoisotopic (exact) mass is 318 g/mol. The Morgan fingerprint density at radius 1 is 1.04 bits per heavy atom. The van der Waals surface area contributed by atoms with Gasteiger partial charge in [0, 0.05) is 24.9 Å². The molecule has 0 aliphatic heterocycles. The van der Waals surface area contributed by atoms with Crippen molar-refractivity contribution in [1.29, 1.82) is 0 Å². The summed E-state index contributed by atoms with van der Waals surface area (Å²) in [5, 5.41) is 3.92. The maximum absolute atomic E-state index is 11.9. The zero-order valence-electron chi connectivity index (χ0n) is 13.5. The minimum Gasteiger partial charge on any atom is -0.356 e. The number of aryl methyl sites for hydroxylation is 1. The first-order chi connectivity index (χ1) is 11.8. The molecule has 24 heavy (non-hydrogen) atoms. The summed E-state index contributed by atoms with van der Waals surface area (Å²) in [4.78, 5) is 21.5. The molecule has 0 aliphatic carbocycles. The first-order valence-electron chi connectivity index (χ1n) is 8.18. The maximum atomic E-state index is 11.9. The Balaban J connectivity index is 1.91. The Morgan fingerprint density at radius 2 is 1.75 bits per heavy atom. The van der Waals surface area contributed by atoms with Gasteiger partial charge in [-0.05, 0) is 25.1 Å². The summed E-state index contributed by atoms with van der Waals surface area (Å²) in [6, 6.07) is 16.0. The van der Waals surface area contributed by atoms with Gasteiger partial charge in [-0.1, -0.05) is 30.3 Å². The molecule has 0 radical (unpaired) electrons. The summed E-state index contributed by atoms with van der Waals surface area (Å²) in [5.41, 5.74) is 4.54. The Bertz CT molecular complexity index is 1050. The van der Waals surface area contributed by atoms with Crippen molar-refractivity contribution in [3.05, 3.63) is 48.5 Å². The standard InChI is InChI=1S/C19H18N4O/c1-2-20-17(24)11-12-23-16-10-6-3-7-13(16)18-19(23)22-15-9-5-4-8-14(15)21-18/h3-10H,2,11-12H2,1H3,(H,20,24). The predicted octanol–water partition coefficient (Wildman–Crippen LogP) is 3.26. The first kappa shape index (κ1) is 14.6. The van der Waals surface area contributed by atoms with Gasteiger partial charge in [0.1, 0.15) is 5.52 Å². The molecule has 0 fully saturated rings. The second kappa shape index (κ2) is 5.92. The molecule has 5 nitrogen and oxygen atoms in total. The van der Waals surface area contributed by atoms with Crippen molar-refractivity contribution in [1.82, 2.24) is 19.9 Å². The van der Waals surface area contributed by atoms with Crippen LogP contribution in [-0.2, 0) is 11.3 Å². The molecule has 5 heteroatoms. The molecule has 1 amide bonds. The molecule has 0 unspecified atom stereocenters. The lowest BCUT2D eigenvalue weighted by molar-refractivity contribution is -0.121. The average molecular weight is 318 g/mol. The van der Waals surface area contributed by atoms with Crippen LogP contribution in [0, 0.1) is 0 Å². The third-order valence-electron chi connectivity index (χ3n) is 4.19. The highest BCUT2D eigenvalue weighted by atomic mass is 16.1. The largest absolute Gasteiger partial charge is 0.356 e. The van der Waals surface area contributed by atoms with Crippen molar-refractivity contribution in [2.45, 2.75) is 19.9 Å². The normalized spacial score (nSPS) is 11.4. The van der Waals surface area contributed by atoms with E-state index in [0.29, 0.717) is 19.5 Å². The fourth-order valence-electron chi connectivity index (χ4n) is 3.11. The van der Waals surface area contributed by atoms with Gasteiger partial charge in [0.2, 0.25) is 5.91 Å². The van der Waals surface area contributed by atoms with Crippen molar-refractivity contribution in [3.63, 3.8) is 0 Å². The van der Waals surface area contributed by atoms with E-state index in [1.807, 2.05) is 43.3 Å². The van der Waals surface area contributed by atoms with Gasteiger partial charge in [-0.15, -0.1) is 0 Å². The number of nitrogens with zero attached hydrogens (tertiary/aromatic N) is 3. The van der Waals surface area contributed by atoms with E-state index in [9.17, 15) is 4.79 Å². The van der Waals surface area contributed by atoms with Gasteiger partial charge in [-0.2, -0.15) is 0 Å². The summed E-state index contributed by atoms with van der Waals surface area (Å²) in [6.45, 7) is 3.16. The number of hydrogen-bond acceptors (Lipinski definition) is 3. The molecular formula is C19H18N4O. The van der Waals surface area contributed by atoms with Crippen LogP contribution in [0.15, 0.2) is 48.5 Å². The number of para-hydroxylation sites is 3. The lowest BCUT2D eigenvalue weighted by Gasteiger charge is -2.07. The first-order valence-corrected chi connectivity index (χ1v) is 8.18. The molecule has 2 aromatic carbocycles. The summed E-state index contributed by atoms with van der Waals surface area (Å²) < 4.78 is 2.10. The zero-order valence-corrected chi connectivity index (χ0v) is 13.5. The van der Waals surface area contributed by atoms with Gasteiger partial charge in [0.15, 0.2) is 5.65 Å². The molecule has 2 aromatic heterocycles. The summed E-state index contributed by atoms with van der Waals surface area (Å²) in [6.07, 6.45) is 0.427. The van der Waals surface area contributed by atoms with E-state index >= 15 is 0 Å². The number of nitrogens with one attached hydrogen (secondary N) is 1. The predicted molar refractivity (Wildman–Crippen MR) is 95.8 cm³/mol. The Kier molecular flexibility index (Phi) is 3.61. The van der Waals surface area contributed by atoms with E-state index in [4.69, 9.17) is 9.97 Å². The topological polar surface area (TPSA) is 59.8 Å². The summed E-state index contributed by atoms with van der Waals surface area (Å²) in [5.74, 6) is 0.0529. The molecule has 0 bridgehead atoms. The van der Waals surface area contributed by atoms with Crippen LogP contribution in [0.2, 0.25) is 0 Å². The van der Waals surface area contributed by atoms with Gasteiger partial charge < -0.3 is 9.88 Å². The van der Waals surface area contributed by atoms with Crippen molar-refractivity contribution in [2.75, 3.05) is 6.54 Å². The fourth-order valence-corrected chi connectivity index (χ4v) is 3.11. The number of benzene rings is 2. The van der Waals surface area contributed by atoms with Gasteiger partial charge in [-0.25, -0.2) is 9.97 Å². The van der Waals surface area contributed by atoms with Crippen LogP contribution in [0.4, 0.5) is 0 Å². The molecule has 4 aromatic rings. The molecule has 2 heterocycles.